The Balaban J connectivity index is 1.76. The first-order valence-corrected chi connectivity index (χ1v) is 10.5. The average molecular weight is 430 g/mol. The first-order chi connectivity index (χ1) is 14.8. The van der Waals surface area contributed by atoms with Crippen molar-refractivity contribution in [1.82, 2.24) is 20.9 Å². The zero-order valence-electron chi connectivity index (χ0n) is 17.8. The lowest BCUT2D eigenvalue weighted by Gasteiger charge is -2.31. The lowest BCUT2D eigenvalue weighted by Crippen LogP contribution is -2.47. The van der Waals surface area contributed by atoms with Crippen molar-refractivity contribution in [2.24, 2.45) is 5.92 Å². The van der Waals surface area contributed by atoms with Crippen molar-refractivity contribution in [2.75, 3.05) is 26.7 Å². The Bertz CT molecular complexity index is 921. The number of carbonyl (C=O) groups is 2. The third-order valence-corrected chi connectivity index (χ3v) is 5.72. The Morgan fingerprint density at radius 1 is 1.23 bits per heavy atom. The Hall–Kier alpha value is -2.87. The number of amides is 2. The summed E-state index contributed by atoms with van der Waals surface area (Å²) in [6, 6.07) is 12.7. The highest BCUT2D eigenvalue weighted by atomic mass is 19.3. The van der Waals surface area contributed by atoms with Crippen LogP contribution < -0.4 is 16.0 Å². The molecule has 3 N–H and O–H groups in total. The van der Waals surface area contributed by atoms with Crippen LogP contribution in [0.4, 0.5) is 8.78 Å². The number of nitrogens with one attached hydrogen (secondary N) is 3. The Kier molecular flexibility index (Phi) is 7.33. The molecule has 2 amide bonds. The SMILES string of the molecule is CNC(=O)c1cc(C(=O)NCC[C@H]2CCNCC2(F)F)cc([C@@H](C)c2ccccc2)n1. The van der Waals surface area contributed by atoms with E-state index in [1.165, 1.54) is 13.1 Å². The predicted molar refractivity (Wildman–Crippen MR) is 114 cm³/mol. The summed E-state index contributed by atoms with van der Waals surface area (Å²) in [5, 5.41) is 7.95. The van der Waals surface area contributed by atoms with Crippen LogP contribution in [0.1, 0.15) is 57.8 Å². The summed E-state index contributed by atoms with van der Waals surface area (Å²) in [7, 11) is 1.50. The van der Waals surface area contributed by atoms with E-state index in [-0.39, 0.29) is 36.7 Å². The molecule has 8 heteroatoms. The molecule has 1 aliphatic heterocycles. The Morgan fingerprint density at radius 2 is 1.97 bits per heavy atom. The van der Waals surface area contributed by atoms with Gasteiger partial charge >= 0.3 is 0 Å². The van der Waals surface area contributed by atoms with Crippen molar-refractivity contribution in [1.29, 1.82) is 0 Å². The molecule has 3 rings (SSSR count). The van der Waals surface area contributed by atoms with E-state index in [9.17, 15) is 18.4 Å². The fraction of sp³-hybridized carbons (Fsp3) is 0.435. The summed E-state index contributed by atoms with van der Waals surface area (Å²) in [6.45, 7) is 2.31. The average Bonchev–Trinajstić information content (AvgIpc) is 2.79. The highest BCUT2D eigenvalue weighted by molar-refractivity contribution is 5.98. The van der Waals surface area contributed by atoms with E-state index >= 15 is 0 Å². The highest BCUT2D eigenvalue weighted by Gasteiger charge is 2.40. The van der Waals surface area contributed by atoms with E-state index in [2.05, 4.69) is 20.9 Å². The Labute approximate surface area is 180 Å². The first kappa shape index (κ1) is 22.8. The molecule has 0 spiro atoms. The minimum atomic E-state index is -2.77. The molecule has 31 heavy (non-hydrogen) atoms. The number of hydrogen-bond acceptors (Lipinski definition) is 4. The highest BCUT2D eigenvalue weighted by Crippen LogP contribution is 2.31. The van der Waals surface area contributed by atoms with Crippen LogP contribution in [0, 0.1) is 5.92 Å². The summed E-state index contributed by atoms with van der Waals surface area (Å²) >= 11 is 0. The second kappa shape index (κ2) is 9.96. The van der Waals surface area contributed by atoms with E-state index < -0.39 is 23.7 Å². The van der Waals surface area contributed by atoms with E-state index in [1.54, 1.807) is 6.07 Å². The van der Waals surface area contributed by atoms with Crippen molar-refractivity contribution in [3.63, 3.8) is 0 Å². The van der Waals surface area contributed by atoms with Crippen LogP contribution in [-0.2, 0) is 0 Å². The number of aromatic nitrogens is 1. The number of benzene rings is 1. The van der Waals surface area contributed by atoms with Crippen molar-refractivity contribution in [2.45, 2.75) is 31.6 Å². The number of nitrogens with zero attached hydrogens (tertiary/aromatic N) is 1. The van der Waals surface area contributed by atoms with Crippen LogP contribution in [0.2, 0.25) is 0 Å². The monoisotopic (exact) mass is 430 g/mol. The lowest BCUT2D eigenvalue weighted by atomic mass is 9.91. The van der Waals surface area contributed by atoms with Gasteiger partial charge in [-0.05, 0) is 37.1 Å². The number of pyridine rings is 1. The molecule has 2 heterocycles. The van der Waals surface area contributed by atoms with Gasteiger partial charge in [-0.2, -0.15) is 0 Å². The molecule has 0 aliphatic carbocycles. The normalized spacial score (nSPS) is 18.8. The molecule has 1 fully saturated rings. The molecule has 1 aliphatic rings. The second-order valence-electron chi connectivity index (χ2n) is 7.85. The number of rotatable bonds is 7. The molecule has 0 radical (unpaired) electrons. The fourth-order valence-electron chi connectivity index (χ4n) is 3.77. The van der Waals surface area contributed by atoms with Crippen molar-refractivity contribution in [3.8, 4) is 0 Å². The van der Waals surface area contributed by atoms with E-state index in [4.69, 9.17) is 0 Å². The summed E-state index contributed by atoms with van der Waals surface area (Å²) in [5.41, 5.74) is 2.01. The maximum Gasteiger partial charge on any atom is 0.269 e. The van der Waals surface area contributed by atoms with Gasteiger partial charge in [-0.15, -0.1) is 0 Å². The molecule has 0 bridgehead atoms. The smallest absolute Gasteiger partial charge is 0.269 e. The largest absolute Gasteiger partial charge is 0.354 e. The molecule has 2 atom stereocenters. The third kappa shape index (κ3) is 5.64. The minimum absolute atomic E-state index is 0.134. The summed E-state index contributed by atoms with van der Waals surface area (Å²) in [6.07, 6.45) is 0.568. The van der Waals surface area contributed by atoms with Gasteiger partial charge in [0.2, 0.25) is 0 Å². The number of hydrogen-bond donors (Lipinski definition) is 3. The van der Waals surface area contributed by atoms with Crippen LogP contribution in [0.25, 0.3) is 0 Å². The zero-order chi connectivity index (χ0) is 22.4. The molecule has 1 saturated heterocycles. The lowest BCUT2D eigenvalue weighted by molar-refractivity contribution is -0.0754. The molecular formula is C23H28F2N4O2. The van der Waals surface area contributed by atoms with Crippen molar-refractivity contribution >= 4 is 11.8 Å². The minimum Gasteiger partial charge on any atom is -0.354 e. The summed E-state index contributed by atoms with van der Waals surface area (Å²) < 4.78 is 27.9. The number of alkyl halides is 2. The number of piperidine rings is 1. The molecule has 0 saturated carbocycles. The molecule has 6 nitrogen and oxygen atoms in total. The van der Waals surface area contributed by atoms with Crippen molar-refractivity contribution in [3.05, 3.63) is 65.0 Å². The van der Waals surface area contributed by atoms with Gasteiger partial charge in [0.25, 0.3) is 17.7 Å². The van der Waals surface area contributed by atoms with E-state index in [1.807, 2.05) is 37.3 Å². The maximum absolute atomic E-state index is 14.0. The van der Waals surface area contributed by atoms with Gasteiger partial charge in [0.1, 0.15) is 5.69 Å². The van der Waals surface area contributed by atoms with Gasteiger partial charge in [-0.25, -0.2) is 13.8 Å². The standard InChI is InChI=1S/C23H28F2N4O2/c1-15(16-6-4-3-5-7-16)19-12-17(13-20(29-19)22(31)26-2)21(30)28-11-9-18-8-10-27-14-23(18,24)25/h3-7,12-13,15,18,27H,8-11,14H2,1-2H3,(H,26,31)(H,28,30)/t15-,18+/m0/s1. The predicted octanol–water partition coefficient (Wildman–Crippen LogP) is 2.96. The molecule has 166 valence electrons. The zero-order valence-corrected chi connectivity index (χ0v) is 17.8. The maximum atomic E-state index is 14.0. The first-order valence-electron chi connectivity index (χ1n) is 10.5. The van der Waals surface area contributed by atoms with Crippen LogP contribution in [0.15, 0.2) is 42.5 Å². The van der Waals surface area contributed by atoms with Crippen molar-refractivity contribution < 1.29 is 18.4 Å². The quantitative estimate of drug-likeness (QED) is 0.631. The van der Waals surface area contributed by atoms with Gasteiger partial charge in [-0.3, -0.25) is 9.59 Å². The van der Waals surface area contributed by atoms with Gasteiger partial charge in [-0.1, -0.05) is 37.3 Å². The summed E-state index contributed by atoms with van der Waals surface area (Å²) in [4.78, 5) is 29.4. The molecule has 0 unspecified atom stereocenters. The van der Waals surface area contributed by atoms with E-state index in [0.717, 1.165) is 5.56 Å². The second-order valence-corrected chi connectivity index (χ2v) is 7.85. The van der Waals surface area contributed by atoms with Gasteiger partial charge in [0.05, 0.1) is 6.54 Å². The molecule has 1 aromatic carbocycles. The fourth-order valence-corrected chi connectivity index (χ4v) is 3.77. The molecule has 1 aromatic heterocycles. The molecule has 2 aromatic rings. The van der Waals surface area contributed by atoms with Gasteiger partial charge < -0.3 is 16.0 Å². The molecular weight excluding hydrogens is 402 g/mol. The topological polar surface area (TPSA) is 83.1 Å². The van der Waals surface area contributed by atoms with Crippen LogP contribution in [0.3, 0.4) is 0 Å². The van der Waals surface area contributed by atoms with Gasteiger partial charge in [0.15, 0.2) is 0 Å². The van der Waals surface area contributed by atoms with Crippen LogP contribution in [0.5, 0.6) is 0 Å². The van der Waals surface area contributed by atoms with Crippen LogP contribution >= 0.6 is 0 Å². The Morgan fingerprint density at radius 3 is 2.65 bits per heavy atom. The number of halogens is 2. The van der Waals surface area contributed by atoms with E-state index in [0.29, 0.717) is 18.7 Å². The summed E-state index contributed by atoms with van der Waals surface area (Å²) in [5.74, 6) is -4.48. The van der Waals surface area contributed by atoms with Crippen LogP contribution in [-0.4, -0.2) is 49.4 Å². The third-order valence-electron chi connectivity index (χ3n) is 5.72. The number of carbonyl (C=O) groups excluding carboxylic acids is 2. The van der Waals surface area contributed by atoms with Gasteiger partial charge in [0, 0.05) is 36.7 Å².